The van der Waals surface area contributed by atoms with Gasteiger partial charge in [0.1, 0.15) is 10.3 Å². The first kappa shape index (κ1) is 14.1. The van der Waals surface area contributed by atoms with E-state index in [4.69, 9.17) is 28.9 Å². The van der Waals surface area contributed by atoms with Crippen molar-refractivity contribution in [2.24, 2.45) is 11.1 Å². The van der Waals surface area contributed by atoms with E-state index in [-0.39, 0.29) is 5.91 Å². The lowest BCUT2D eigenvalue weighted by Gasteiger charge is -2.20. The molecule has 0 fully saturated rings. The van der Waals surface area contributed by atoms with Gasteiger partial charge in [-0.2, -0.15) is 5.10 Å². The Kier molecular flexibility index (Phi) is 3.69. The summed E-state index contributed by atoms with van der Waals surface area (Å²) in [5, 5.41) is 4.82. The Hall–Kier alpha value is -1.33. The number of nitrogens with two attached hydrogens (primary N) is 1. The van der Waals surface area contributed by atoms with Gasteiger partial charge in [-0.15, -0.1) is 0 Å². The van der Waals surface area contributed by atoms with Gasteiger partial charge in [-0.1, -0.05) is 37.0 Å². The lowest BCUT2D eigenvalue weighted by molar-refractivity contribution is -0.126. The second kappa shape index (κ2) is 4.98. The third-order valence-electron chi connectivity index (χ3n) is 3.19. The number of primary amides is 1. The van der Waals surface area contributed by atoms with E-state index in [2.05, 4.69) is 10.1 Å². The Balaban J connectivity index is 2.33. The minimum Gasteiger partial charge on any atom is -0.369 e. The molecule has 0 saturated heterocycles. The zero-order valence-corrected chi connectivity index (χ0v) is 12.2. The highest BCUT2D eigenvalue weighted by atomic mass is 35.5. The van der Waals surface area contributed by atoms with Crippen molar-refractivity contribution in [3.63, 3.8) is 0 Å². The van der Waals surface area contributed by atoms with Gasteiger partial charge in [0.25, 0.3) is 0 Å². The van der Waals surface area contributed by atoms with Gasteiger partial charge in [0.05, 0.1) is 6.20 Å². The molecule has 0 atom stereocenters. The first-order chi connectivity index (χ1) is 8.83. The Morgan fingerprint density at radius 2 is 2.16 bits per heavy atom. The third-order valence-corrected chi connectivity index (χ3v) is 3.89. The zero-order chi connectivity index (χ0) is 14.2. The maximum Gasteiger partial charge on any atom is 0.223 e. The van der Waals surface area contributed by atoms with Crippen LogP contribution in [0.2, 0.25) is 10.3 Å². The molecule has 0 aliphatic rings. The molecule has 102 valence electrons. The third kappa shape index (κ3) is 2.67. The number of hydrogen-bond donors (Lipinski definition) is 1. The molecule has 5 nitrogen and oxygen atoms in total. The van der Waals surface area contributed by atoms with Gasteiger partial charge < -0.3 is 5.73 Å². The fourth-order valence-electron chi connectivity index (χ4n) is 1.68. The van der Waals surface area contributed by atoms with Crippen molar-refractivity contribution in [1.29, 1.82) is 0 Å². The molecule has 0 saturated carbocycles. The van der Waals surface area contributed by atoms with Crippen LogP contribution in [0.1, 0.15) is 25.8 Å². The van der Waals surface area contributed by atoms with E-state index in [1.807, 2.05) is 0 Å². The molecule has 0 spiro atoms. The minimum absolute atomic E-state index is 0.332. The quantitative estimate of drug-likeness (QED) is 0.882. The highest BCUT2D eigenvalue weighted by Crippen LogP contribution is 2.29. The molecule has 0 bridgehead atoms. The number of halogens is 2. The number of amides is 1. The Labute approximate surface area is 120 Å². The van der Waals surface area contributed by atoms with Crippen molar-refractivity contribution < 1.29 is 4.79 Å². The van der Waals surface area contributed by atoms with E-state index in [1.165, 1.54) is 4.52 Å². The van der Waals surface area contributed by atoms with Crippen LogP contribution >= 0.6 is 23.2 Å². The van der Waals surface area contributed by atoms with E-state index in [9.17, 15) is 4.79 Å². The second-order valence-electron chi connectivity index (χ2n) is 5.02. The molecule has 2 aromatic rings. The Morgan fingerprint density at radius 3 is 2.79 bits per heavy atom. The molecule has 2 aromatic heterocycles. The predicted octanol–water partition coefficient (Wildman–Crippen LogP) is 2.48. The second-order valence-corrected chi connectivity index (χ2v) is 5.74. The van der Waals surface area contributed by atoms with Crippen LogP contribution < -0.4 is 5.73 Å². The summed E-state index contributed by atoms with van der Waals surface area (Å²) in [7, 11) is 0. The SMILES string of the molecule is CC(C)(CCc1c(Cl)nc2ccnn2c1Cl)C(N)=O. The van der Waals surface area contributed by atoms with E-state index in [0.29, 0.717) is 34.4 Å². The molecular formula is C12H14Cl2N4O. The molecule has 0 unspecified atom stereocenters. The maximum atomic E-state index is 11.3. The number of carbonyl (C=O) groups excluding carboxylic acids is 1. The molecule has 2 rings (SSSR count). The number of fused-ring (bicyclic) bond motifs is 1. The first-order valence-electron chi connectivity index (χ1n) is 5.80. The average Bonchev–Trinajstić information content (AvgIpc) is 2.76. The molecule has 0 aliphatic carbocycles. The van der Waals surface area contributed by atoms with Crippen LogP contribution in [0.5, 0.6) is 0 Å². The van der Waals surface area contributed by atoms with Gasteiger partial charge in [-0.05, 0) is 12.8 Å². The van der Waals surface area contributed by atoms with Crippen LogP contribution in [0.4, 0.5) is 0 Å². The monoisotopic (exact) mass is 300 g/mol. The smallest absolute Gasteiger partial charge is 0.223 e. The highest BCUT2D eigenvalue weighted by molar-refractivity contribution is 6.34. The van der Waals surface area contributed by atoms with Gasteiger partial charge in [0.15, 0.2) is 5.65 Å². The number of carbonyl (C=O) groups is 1. The molecule has 0 radical (unpaired) electrons. The van der Waals surface area contributed by atoms with E-state index < -0.39 is 5.41 Å². The topological polar surface area (TPSA) is 73.3 Å². The predicted molar refractivity (Wildman–Crippen MR) is 74.3 cm³/mol. The standard InChI is InChI=1S/C12H14Cl2N4O/c1-12(2,11(15)19)5-3-7-9(13)17-8-4-6-16-18(8)10(7)14/h4,6H,3,5H2,1-2H3,(H2,15,19). The number of nitrogens with zero attached hydrogens (tertiary/aromatic N) is 3. The summed E-state index contributed by atoms with van der Waals surface area (Å²) in [6.07, 6.45) is 2.65. The van der Waals surface area contributed by atoms with E-state index >= 15 is 0 Å². The first-order valence-corrected chi connectivity index (χ1v) is 6.56. The van der Waals surface area contributed by atoms with Gasteiger partial charge >= 0.3 is 0 Å². The summed E-state index contributed by atoms with van der Waals surface area (Å²) in [6, 6.07) is 1.72. The van der Waals surface area contributed by atoms with Gasteiger partial charge in [-0.3, -0.25) is 4.79 Å². The molecular weight excluding hydrogens is 287 g/mol. The van der Waals surface area contributed by atoms with Crippen molar-refractivity contribution in [1.82, 2.24) is 14.6 Å². The normalized spacial score (nSPS) is 12.0. The Bertz CT molecular complexity index is 636. The van der Waals surface area contributed by atoms with Crippen LogP contribution in [0, 0.1) is 5.41 Å². The fourth-order valence-corrected chi connectivity index (χ4v) is 2.31. The zero-order valence-electron chi connectivity index (χ0n) is 10.7. The van der Waals surface area contributed by atoms with Crippen LogP contribution in [-0.4, -0.2) is 20.5 Å². The largest absolute Gasteiger partial charge is 0.369 e. The number of rotatable bonds is 4. The van der Waals surface area contributed by atoms with Gasteiger partial charge in [0.2, 0.25) is 5.91 Å². The molecule has 19 heavy (non-hydrogen) atoms. The van der Waals surface area contributed by atoms with Crippen molar-refractivity contribution in [2.75, 3.05) is 0 Å². The van der Waals surface area contributed by atoms with Gasteiger partial charge in [-0.25, -0.2) is 9.50 Å². The lowest BCUT2D eigenvalue weighted by Crippen LogP contribution is -2.32. The van der Waals surface area contributed by atoms with Crippen molar-refractivity contribution in [3.8, 4) is 0 Å². The molecule has 7 heteroatoms. The van der Waals surface area contributed by atoms with Crippen LogP contribution in [0.3, 0.4) is 0 Å². The van der Waals surface area contributed by atoms with Crippen LogP contribution in [0.15, 0.2) is 12.3 Å². The summed E-state index contributed by atoms with van der Waals surface area (Å²) >= 11 is 12.4. The molecule has 2 heterocycles. The van der Waals surface area contributed by atoms with Crippen molar-refractivity contribution in [2.45, 2.75) is 26.7 Å². The average molecular weight is 301 g/mol. The summed E-state index contributed by atoms with van der Waals surface area (Å²) in [6.45, 7) is 3.58. The summed E-state index contributed by atoms with van der Waals surface area (Å²) < 4.78 is 1.51. The molecule has 0 aliphatic heterocycles. The number of hydrogen-bond acceptors (Lipinski definition) is 3. The van der Waals surface area contributed by atoms with E-state index in [1.54, 1.807) is 26.1 Å². The van der Waals surface area contributed by atoms with Crippen molar-refractivity contribution >= 4 is 34.8 Å². The summed E-state index contributed by atoms with van der Waals surface area (Å²) in [5.74, 6) is -0.354. The maximum absolute atomic E-state index is 11.3. The summed E-state index contributed by atoms with van der Waals surface area (Å²) in [5.41, 5.74) is 5.99. The fraction of sp³-hybridized carbons (Fsp3) is 0.417. The lowest BCUT2D eigenvalue weighted by atomic mass is 9.86. The van der Waals surface area contributed by atoms with Crippen molar-refractivity contribution in [3.05, 3.63) is 28.1 Å². The molecule has 0 aromatic carbocycles. The Morgan fingerprint density at radius 1 is 1.47 bits per heavy atom. The molecule has 2 N–H and O–H groups in total. The minimum atomic E-state index is -0.619. The molecule has 1 amide bonds. The van der Waals surface area contributed by atoms with Crippen LogP contribution in [-0.2, 0) is 11.2 Å². The number of aromatic nitrogens is 3. The van der Waals surface area contributed by atoms with E-state index in [0.717, 1.165) is 0 Å². The van der Waals surface area contributed by atoms with Gasteiger partial charge in [0, 0.05) is 17.0 Å². The van der Waals surface area contributed by atoms with Crippen LogP contribution in [0.25, 0.3) is 5.65 Å². The summed E-state index contributed by atoms with van der Waals surface area (Å²) in [4.78, 5) is 15.5. The highest BCUT2D eigenvalue weighted by Gasteiger charge is 2.26.